The first kappa shape index (κ1) is 14.7. The minimum absolute atomic E-state index is 0.328. The number of aliphatic carboxylic acids is 2. The van der Waals surface area contributed by atoms with Crippen molar-refractivity contribution in [3.63, 3.8) is 0 Å². The second-order valence-electron chi connectivity index (χ2n) is 4.06. The van der Waals surface area contributed by atoms with E-state index in [0.29, 0.717) is 17.6 Å². The van der Waals surface area contributed by atoms with Gasteiger partial charge in [0.2, 0.25) is 0 Å². The fraction of sp³-hybridized carbons (Fsp3) is 0.308. The second-order valence-corrected chi connectivity index (χ2v) is 4.06. The lowest BCUT2D eigenvalue weighted by Crippen LogP contribution is -2.20. The predicted molar refractivity (Wildman–Crippen MR) is 65.2 cm³/mol. The monoisotopic (exact) mass is 266 g/mol. The number of benzene rings is 1. The Morgan fingerprint density at radius 2 is 1.84 bits per heavy atom. The zero-order chi connectivity index (χ0) is 14.4. The summed E-state index contributed by atoms with van der Waals surface area (Å²) in [6.45, 7) is 1.06. The van der Waals surface area contributed by atoms with E-state index in [0.717, 1.165) is 0 Å². The lowest BCUT2D eigenvalue weighted by atomic mass is 9.88. The Morgan fingerprint density at radius 1 is 1.26 bits per heavy atom. The van der Waals surface area contributed by atoms with E-state index in [1.54, 1.807) is 0 Å². The lowest BCUT2D eigenvalue weighted by Gasteiger charge is -2.15. The van der Waals surface area contributed by atoms with Crippen LogP contribution in [0, 0.1) is 5.92 Å². The van der Waals surface area contributed by atoms with Crippen molar-refractivity contribution >= 4 is 18.2 Å². The third-order valence-corrected chi connectivity index (χ3v) is 2.61. The zero-order valence-electron chi connectivity index (χ0n) is 10.3. The molecule has 0 radical (unpaired) electrons. The first-order valence-corrected chi connectivity index (χ1v) is 5.58. The summed E-state index contributed by atoms with van der Waals surface area (Å²) in [5.74, 6) is -3.43. The number of hydrogen-bond donors (Lipinski definition) is 2. The summed E-state index contributed by atoms with van der Waals surface area (Å²) in [6, 6.07) is 5.98. The van der Waals surface area contributed by atoms with Crippen LogP contribution in [-0.4, -0.2) is 35.0 Å². The third-order valence-electron chi connectivity index (χ3n) is 2.61. The fourth-order valence-corrected chi connectivity index (χ4v) is 1.67. The number of ether oxygens (including phenoxy) is 1. The van der Waals surface area contributed by atoms with Gasteiger partial charge in [-0.3, -0.25) is 4.79 Å². The Morgan fingerprint density at radius 3 is 2.26 bits per heavy atom. The van der Waals surface area contributed by atoms with Crippen molar-refractivity contribution in [1.29, 1.82) is 0 Å². The highest BCUT2D eigenvalue weighted by atomic mass is 16.5. The minimum Gasteiger partial charge on any atom is -0.482 e. The van der Waals surface area contributed by atoms with Crippen LogP contribution >= 0.6 is 0 Å². The number of rotatable bonds is 7. The number of carbonyl (C=O) groups is 3. The molecule has 0 spiro atoms. The summed E-state index contributed by atoms with van der Waals surface area (Å²) in [4.78, 5) is 32.2. The van der Waals surface area contributed by atoms with Crippen molar-refractivity contribution < 1.29 is 29.3 Å². The second kappa shape index (κ2) is 6.53. The van der Waals surface area contributed by atoms with Gasteiger partial charge in [-0.25, -0.2) is 4.79 Å². The van der Waals surface area contributed by atoms with Crippen LogP contribution in [0.2, 0.25) is 0 Å². The van der Waals surface area contributed by atoms with Gasteiger partial charge in [0.15, 0.2) is 6.61 Å². The van der Waals surface area contributed by atoms with Gasteiger partial charge in [0.05, 0.1) is 5.92 Å². The molecule has 2 unspecified atom stereocenters. The molecular formula is C13H14O6. The lowest BCUT2D eigenvalue weighted by molar-refractivity contribution is -0.141. The Balaban J connectivity index is 2.86. The van der Waals surface area contributed by atoms with E-state index in [9.17, 15) is 14.4 Å². The van der Waals surface area contributed by atoms with Crippen LogP contribution < -0.4 is 4.74 Å². The van der Waals surface area contributed by atoms with E-state index in [2.05, 4.69) is 0 Å². The molecule has 6 nitrogen and oxygen atoms in total. The molecule has 0 aliphatic carbocycles. The molecule has 1 aromatic rings. The minimum atomic E-state index is -1.10. The average Bonchev–Trinajstić information content (AvgIpc) is 2.37. The molecule has 2 N–H and O–H groups in total. The predicted octanol–water partition coefficient (Wildman–Crippen LogP) is 1.15. The molecule has 102 valence electrons. The van der Waals surface area contributed by atoms with Gasteiger partial charge in [-0.2, -0.15) is 0 Å². The number of carbonyl (C=O) groups excluding carboxylic acids is 1. The Kier molecular flexibility index (Phi) is 5.05. The van der Waals surface area contributed by atoms with Gasteiger partial charge in [0.1, 0.15) is 12.0 Å². The molecule has 19 heavy (non-hydrogen) atoms. The van der Waals surface area contributed by atoms with E-state index >= 15 is 0 Å². The summed E-state index contributed by atoms with van der Waals surface area (Å²) in [7, 11) is 0. The first-order valence-electron chi connectivity index (χ1n) is 5.58. The van der Waals surface area contributed by atoms with Crippen molar-refractivity contribution in [3.05, 3.63) is 29.8 Å². The summed E-state index contributed by atoms with van der Waals surface area (Å²) in [5.41, 5.74) is 0.467. The summed E-state index contributed by atoms with van der Waals surface area (Å²) in [5, 5.41) is 17.6. The molecule has 2 atom stereocenters. The molecule has 0 bridgehead atoms. The van der Waals surface area contributed by atoms with Crippen molar-refractivity contribution in [2.75, 3.05) is 6.61 Å². The van der Waals surface area contributed by atoms with Crippen molar-refractivity contribution in [3.8, 4) is 5.75 Å². The number of carboxylic acid groups (broad SMARTS) is 2. The van der Waals surface area contributed by atoms with E-state index < -0.39 is 30.4 Å². The topological polar surface area (TPSA) is 101 Å². The molecule has 1 aromatic carbocycles. The zero-order valence-corrected chi connectivity index (χ0v) is 10.3. The van der Waals surface area contributed by atoms with Crippen LogP contribution in [0.3, 0.4) is 0 Å². The third kappa shape index (κ3) is 4.09. The van der Waals surface area contributed by atoms with E-state index in [1.165, 1.54) is 31.2 Å². The molecule has 0 heterocycles. The van der Waals surface area contributed by atoms with Gasteiger partial charge in [-0.1, -0.05) is 19.1 Å². The van der Waals surface area contributed by atoms with Gasteiger partial charge in [-0.05, 0) is 17.7 Å². The molecule has 0 amide bonds. The van der Waals surface area contributed by atoms with E-state index in [1.807, 2.05) is 0 Å². The highest BCUT2D eigenvalue weighted by molar-refractivity contribution is 5.80. The summed E-state index contributed by atoms with van der Waals surface area (Å²) < 4.78 is 4.93. The summed E-state index contributed by atoms with van der Waals surface area (Å²) >= 11 is 0. The van der Waals surface area contributed by atoms with Crippen molar-refractivity contribution in [2.24, 2.45) is 5.92 Å². The van der Waals surface area contributed by atoms with Gasteiger partial charge >= 0.3 is 11.9 Å². The van der Waals surface area contributed by atoms with Crippen molar-refractivity contribution in [2.45, 2.75) is 12.8 Å². The van der Waals surface area contributed by atoms with Crippen LogP contribution in [0.1, 0.15) is 18.4 Å². The Bertz CT molecular complexity index is 465. The van der Waals surface area contributed by atoms with Crippen LogP contribution in [-0.2, 0) is 14.4 Å². The van der Waals surface area contributed by atoms with E-state index in [-0.39, 0.29) is 0 Å². The molecule has 0 saturated heterocycles. The smallest absolute Gasteiger partial charge is 0.341 e. The van der Waals surface area contributed by atoms with Crippen molar-refractivity contribution in [1.82, 2.24) is 0 Å². The maximum Gasteiger partial charge on any atom is 0.341 e. The first-order chi connectivity index (χ1) is 8.95. The van der Waals surface area contributed by atoms with E-state index in [4.69, 9.17) is 14.9 Å². The molecule has 0 aliphatic heterocycles. The quantitative estimate of drug-likeness (QED) is 0.718. The normalized spacial score (nSPS) is 13.3. The number of carboxylic acids is 2. The SMILES string of the molecule is CC(C=O)C(C(=O)O)c1ccc(OCC(=O)O)cc1. The molecule has 0 saturated carbocycles. The average molecular weight is 266 g/mol. The largest absolute Gasteiger partial charge is 0.482 e. The number of aldehydes is 1. The van der Waals surface area contributed by atoms with Gasteiger partial charge in [0, 0.05) is 5.92 Å². The Hall–Kier alpha value is -2.37. The highest BCUT2D eigenvalue weighted by Gasteiger charge is 2.26. The standard InChI is InChI=1S/C13H14O6/c1-8(6-14)12(13(17)18)9-2-4-10(5-3-9)19-7-11(15)16/h2-6,8,12H,7H2,1H3,(H,15,16)(H,17,18). The fourth-order valence-electron chi connectivity index (χ4n) is 1.67. The molecule has 0 aromatic heterocycles. The number of hydrogen-bond acceptors (Lipinski definition) is 4. The molecule has 0 aliphatic rings. The molecular weight excluding hydrogens is 252 g/mol. The molecule has 1 rings (SSSR count). The summed E-state index contributed by atoms with van der Waals surface area (Å²) in [6.07, 6.45) is 0.591. The maximum absolute atomic E-state index is 11.1. The molecule has 6 heteroatoms. The van der Waals surface area contributed by atoms with Gasteiger partial charge in [-0.15, -0.1) is 0 Å². The van der Waals surface area contributed by atoms with Crippen LogP contribution in [0.4, 0.5) is 0 Å². The molecule has 0 fully saturated rings. The van der Waals surface area contributed by atoms with Crippen LogP contribution in [0.15, 0.2) is 24.3 Å². The van der Waals surface area contributed by atoms with Gasteiger partial charge < -0.3 is 19.7 Å². The van der Waals surface area contributed by atoms with Gasteiger partial charge in [0.25, 0.3) is 0 Å². The Labute approximate surface area is 109 Å². The van der Waals surface area contributed by atoms with Crippen LogP contribution in [0.25, 0.3) is 0 Å². The maximum atomic E-state index is 11.1. The highest BCUT2D eigenvalue weighted by Crippen LogP contribution is 2.25. The van der Waals surface area contributed by atoms with Crippen LogP contribution in [0.5, 0.6) is 5.75 Å².